The molecule has 1 saturated carbocycles. The summed E-state index contributed by atoms with van der Waals surface area (Å²) in [7, 11) is 1.94. The lowest BCUT2D eigenvalue weighted by atomic mass is 9.94. The molecular formula is C19H26N4OS. The van der Waals surface area contributed by atoms with Crippen LogP contribution >= 0.6 is 11.8 Å². The van der Waals surface area contributed by atoms with E-state index in [0.29, 0.717) is 11.8 Å². The van der Waals surface area contributed by atoms with E-state index in [1.165, 1.54) is 42.2 Å². The first-order valence-corrected chi connectivity index (χ1v) is 9.91. The number of hydrogen-bond acceptors (Lipinski definition) is 4. The van der Waals surface area contributed by atoms with E-state index < -0.39 is 0 Å². The quantitative estimate of drug-likeness (QED) is 0.764. The number of carbonyl (C=O) groups excluding carboxylic acids is 1. The first-order chi connectivity index (χ1) is 12.1. The molecule has 1 heterocycles. The summed E-state index contributed by atoms with van der Waals surface area (Å²) in [6.45, 7) is 4.16. The number of hydrogen-bond donors (Lipinski definition) is 0. The molecule has 1 fully saturated rings. The standard InChI is InChI=1S/C19H26N4OS/c1-14-9-10-17(15(2)11-14)23-13-20-21-19(23)25-12-18(24)22(3)16-7-5-4-6-8-16/h9-11,13,16H,4-8,12H2,1-3H3. The third-order valence-corrected chi connectivity index (χ3v) is 5.90. The second-order valence-corrected chi connectivity index (χ2v) is 7.80. The van der Waals surface area contributed by atoms with E-state index >= 15 is 0 Å². The summed E-state index contributed by atoms with van der Waals surface area (Å²) in [5.41, 5.74) is 3.46. The van der Waals surface area contributed by atoms with Gasteiger partial charge in [0.1, 0.15) is 6.33 Å². The molecule has 1 aliphatic carbocycles. The van der Waals surface area contributed by atoms with Crippen LogP contribution in [0.15, 0.2) is 29.7 Å². The lowest BCUT2D eigenvalue weighted by molar-refractivity contribution is -0.129. The van der Waals surface area contributed by atoms with Gasteiger partial charge in [0.2, 0.25) is 5.91 Å². The van der Waals surface area contributed by atoms with Gasteiger partial charge in [-0.15, -0.1) is 10.2 Å². The number of amides is 1. The van der Waals surface area contributed by atoms with Crippen molar-refractivity contribution in [2.24, 2.45) is 0 Å². The molecule has 25 heavy (non-hydrogen) atoms. The topological polar surface area (TPSA) is 51.0 Å². The Kier molecular flexibility index (Phi) is 5.78. The van der Waals surface area contributed by atoms with Crippen molar-refractivity contribution in [3.8, 4) is 5.69 Å². The van der Waals surface area contributed by atoms with Gasteiger partial charge < -0.3 is 4.90 Å². The number of aromatic nitrogens is 3. The number of aryl methyl sites for hydroxylation is 2. The van der Waals surface area contributed by atoms with Crippen molar-refractivity contribution in [2.45, 2.75) is 57.1 Å². The van der Waals surface area contributed by atoms with Crippen LogP contribution in [0.4, 0.5) is 0 Å². The molecule has 0 N–H and O–H groups in total. The van der Waals surface area contributed by atoms with Crippen LogP contribution in [0.25, 0.3) is 5.69 Å². The summed E-state index contributed by atoms with van der Waals surface area (Å²) in [5, 5.41) is 9.01. The van der Waals surface area contributed by atoms with E-state index in [1.54, 1.807) is 6.33 Å². The number of thioether (sulfide) groups is 1. The molecule has 1 aromatic heterocycles. The second-order valence-electron chi connectivity index (χ2n) is 6.86. The van der Waals surface area contributed by atoms with Gasteiger partial charge in [-0.3, -0.25) is 9.36 Å². The maximum Gasteiger partial charge on any atom is 0.233 e. The minimum atomic E-state index is 0.173. The molecule has 6 heteroatoms. The third-order valence-electron chi connectivity index (χ3n) is 4.97. The van der Waals surface area contributed by atoms with Gasteiger partial charge in [0, 0.05) is 13.1 Å². The summed E-state index contributed by atoms with van der Waals surface area (Å²) >= 11 is 1.46. The minimum absolute atomic E-state index is 0.173. The SMILES string of the molecule is Cc1ccc(-n2cnnc2SCC(=O)N(C)C2CCCCC2)c(C)c1. The summed E-state index contributed by atoms with van der Waals surface area (Å²) in [5.74, 6) is 0.573. The summed E-state index contributed by atoms with van der Waals surface area (Å²) in [6.07, 6.45) is 7.74. The zero-order valence-electron chi connectivity index (χ0n) is 15.2. The van der Waals surface area contributed by atoms with Crippen molar-refractivity contribution in [3.63, 3.8) is 0 Å². The van der Waals surface area contributed by atoms with Crippen LogP contribution in [0.1, 0.15) is 43.2 Å². The Balaban J connectivity index is 1.66. The fourth-order valence-corrected chi connectivity index (χ4v) is 4.31. The van der Waals surface area contributed by atoms with Crippen LogP contribution in [0.3, 0.4) is 0 Å². The van der Waals surface area contributed by atoms with Crippen LogP contribution in [0.2, 0.25) is 0 Å². The average Bonchev–Trinajstić information content (AvgIpc) is 3.08. The first kappa shape index (κ1) is 18.0. The van der Waals surface area contributed by atoms with E-state index in [1.807, 2.05) is 16.5 Å². The molecule has 3 rings (SSSR count). The highest BCUT2D eigenvalue weighted by molar-refractivity contribution is 7.99. The van der Waals surface area contributed by atoms with Gasteiger partial charge in [-0.1, -0.05) is 48.7 Å². The molecule has 0 unspecified atom stereocenters. The lowest BCUT2D eigenvalue weighted by Gasteiger charge is -2.31. The van der Waals surface area contributed by atoms with Crippen molar-refractivity contribution in [1.29, 1.82) is 0 Å². The van der Waals surface area contributed by atoms with Gasteiger partial charge in [0.15, 0.2) is 5.16 Å². The molecule has 1 aliphatic rings. The highest BCUT2D eigenvalue weighted by Gasteiger charge is 2.22. The van der Waals surface area contributed by atoms with Crippen LogP contribution in [-0.2, 0) is 4.79 Å². The molecule has 0 atom stereocenters. The number of rotatable bonds is 5. The highest BCUT2D eigenvalue weighted by atomic mass is 32.2. The molecule has 0 bridgehead atoms. The monoisotopic (exact) mass is 358 g/mol. The molecule has 134 valence electrons. The zero-order valence-corrected chi connectivity index (χ0v) is 16.1. The van der Waals surface area contributed by atoms with Crippen LogP contribution in [0, 0.1) is 13.8 Å². The Labute approximate surface area is 153 Å². The zero-order chi connectivity index (χ0) is 17.8. The molecule has 2 aromatic rings. The second kappa shape index (κ2) is 8.04. The van der Waals surface area contributed by atoms with Crippen LogP contribution in [-0.4, -0.2) is 44.4 Å². The van der Waals surface area contributed by atoms with Gasteiger partial charge >= 0.3 is 0 Å². The largest absolute Gasteiger partial charge is 0.342 e. The van der Waals surface area contributed by atoms with Crippen molar-refractivity contribution < 1.29 is 4.79 Å². The number of carbonyl (C=O) groups is 1. The van der Waals surface area contributed by atoms with E-state index in [0.717, 1.165) is 23.7 Å². The first-order valence-electron chi connectivity index (χ1n) is 8.92. The molecular weight excluding hydrogens is 332 g/mol. The van der Waals surface area contributed by atoms with E-state index in [2.05, 4.69) is 42.2 Å². The summed E-state index contributed by atoms with van der Waals surface area (Å²) in [4.78, 5) is 14.5. The third kappa shape index (κ3) is 4.24. The lowest BCUT2D eigenvalue weighted by Crippen LogP contribution is -2.39. The maximum atomic E-state index is 12.5. The predicted octanol–water partition coefficient (Wildman–Crippen LogP) is 3.77. The van der Waals surface area contributed by atoms with Gasteiger partial charge in [0.25, 0.3) is 0 Å². The number of nitrogens with zero attached hydrogens (tertiary/aromatic N) is 4. The Hall–Kier alpha value is -1.82. The maximum absolute atomic E-state index is 12.5. The Morgan fingerprint density at radius 3 is 2.76 bits per heavy atom. The molecule has 0 spiro atoms. The Morgan fingerprint density at radius 1 is 1.28 bits per heavy atom. The van der Waals surface area contributed by atoms with E-state index in [-0.39, 0.29) is 5.91 Å². The van der Waals surface area contributed by atoms with Crippen LogP contribution in [0.5, 0.6) is 0 Å². The fraction of sp³-hybridized carbons (Fsp3) is 0.526. The molecule has 0 aliphatic heterocycles. The molecule has 5 nitrogen and oxygen atoms in total. The number of benzene rings is 1. The summed E-state index contributed by atoms with van der Waals surface area (Å²) < 4.78 is 1.97. The summed E-state index contributed by atoms with van der Waals surface area (Å²) in [6, 6.07) is 6.71. The van der Waals surface area contributed by atoms with Crippen molar-refractivity contribution in [1.82, 2.24) is 19.7 Å². The van der Waals surface area contributed by atoms with Crippen molar-refractivity contribution in [2.75, 3.05) is 12.8 Å². The Bertz CT molecular complexity index is 737. The fourth-order valence-electron chi connectivity index (χ4n) is 3.46. The normalized spacial score (nSPS) is 15.3. The highest BCUT2D eigenvalue weighted by Crippen LogP contribution is 2.25. The van der Waals surface area contributed by atoms with Gasteiger partial charge in [-0.25, -0.2) is 0 Å². The molecule has 1 amide bonds. The molecule has 0 saturated heterocycles. The van der Waals surface area contributed by atoms with Crippen molar-refractivity contribution in [3.05, 3.63) is 35.7 Å². The van der Waals surface area contributed by atoms with Crippen molar-refractivity contribution >= 4 is 17.7 Å². The van der Waals surface area contributed by atoms with Gasteiger partial charge in [-0.2, -0.15) is 0 Å². The van der Waals surface area contributed by atoms with Gasteiger partial charge in [0.05, 0.1) is 11.4 Å². The predicted molar refractivity (Wildman–Crippen MR) is 101 cm³/mol. The average molecular weight is 359 g/mol. The van der Waals surface area contributed by atoms with Gasteiger partial charge in [-0.05, 0) is 38.3 Å². The molecule has 1 aromatic carbocycles. The van der Waals surface area contributed by atoms with E-state index in [9.17, 15) is 4.79 Å². The molecule has 0 radical (unpaired) electrons. The smallest absolute Gasteiger partial charge is 0.233 e. The minimum Gasteiger partial charge on any atom is -0.342 e. The van der Waals surface area contributed by atoms with E-state index in [4.69, 9.17) is 0 Å². The van der Waals surface area contributed by atoms with Crippen LogP contribution < -0.4 is 0 Å². The Morgan fingerprint density at radius 2 is 2.04 bits per heavy atom.